The van der Waals surface area contributed by atoms with E-state index < -0.39 is 0 Å². The zero-order valence-corrected chi connectivity index (χ0v) is 10.2. The van der Waals surface area contributed by atoms with E-state index in [1.807, 2.05) is 32.0 Å². The number of hydrogen-bond acceptors (Lipinski definition) is 2. The van der Waals surface area contributed by atoms with Crippen molar-refractivity contribution < 1.29 is 4.74 Å². The van der Waals surface area contributed by atoms with Crippen LogP contribution in [0.2, 0.25) is 0 Å². The van der Waals surface area contributed by atoms with Crippen molar-refractivity contribution in [1.82, 2.24) is 0 Å². The van der Waals surface area contributed by atoms with E-state index in [2.05, 4.69) is 24.3 Å². The van der Waals surface area contributed by atoms with E-state index >= 15 is 0 Å². The van der Waals surface area contributed by atoms with Crippen molar-refractivity contribution in [3.63, 3.8) is 0 Å². The summed E-state index contributed by atoms with van der Waals surface area (Å²) >= 11 is 0. The standard InChI is InChI=1S/C15H17NO/c1-3-17-15(16)11(2)13-10-6-8-12-7-4-5-9-14(12)13/h4-11,16H,3H2,1-2H3/t11-/m0/s1. The van der Waals surface area contributed by atoms with Gasteiger partial charge >= 0.3 is 0 Å². The molecule has 2 nitrogen and oxygen atoms in total. The summed E-state index contributed by atoms with van der Waals surface area (Å²) in [6.07, 6.45) is 0. The third kappa shape index (κ3) is 2.31. The van der Waals surface area contributed by atoms with Gasteiger partial charge in [-0.05, 0) is 30.2 Å². The summed E-state index contributed by atoms with van der Waals surface area (Å²) in [6, 6.07) is 14.5. The van der Waals surface area contributed by atoms with E-state index in [0.29, 0.717) is 12.5 Å². The maximum absolute atomic E-state index is 7.89. The summed E-state index contributed by atoms with van der Waals surface area (Å²) in [6.45, 7) is 4.47. The molecule has 0 fully saturated rings. The summed E-state index contributed by atoms with van der Waals surface area (Å²) in [4.78, 5) is 0. The topological polar surface area (TPSA) is 33.1 Å². The van der Waals surface area contributed by atoms with Crippen LogP contribution in [0.5, 0.6) is 0 Å². The second kappa shape index (κ2) is 5.00. The molecule has 0 saturated carbocycles. The second-order valence-electron chi connectivity index (χ2n) is 4.09. The molecule has 0 aliphatic carbocycles. The first kappa shape index (κ1) is 11.6. The van der Waals surface area contributed by atoms with Crippen molar-refractivity contribution in [2.24, 2.45) is 0 Å². The molecule has 88 valence electrons. The van der Waals surface area contributed by atoms with Crippen molar-refractivity contribution in [1.29, 1.82) is 5.41 Å². The summed E-state index contributed by atoms with van der Waals surface area (Å²) in [7, 11) is 0. The van der Waals surface area contributed by atoms with E-state index in [-0.39, 0.29) is 5.92 Å². The molecule has 2 aromatic carbocycles. The maximum atomic E-state index is 7.89. The minimum atomic E-state index is 0.000972. The quantitative estimate of drug-likeness (QED) is 0.625. The van der Waals surface area contributed by atoms with Gasteiger partial charge in [-0.3, -0.25) is 5.41 Å². The van der Waals surface area contributed by atoms with Crippen LogP contribution in [-0.4, -0.2) is 12.5 Å². The largest absolute Gasteiger partial charge is 0.481 e. The fraction of sp³-hybridized carbons (Fsp3) is 0.267. The predicted molar refractivity (Wildman–Crippen MR) is 71.7 cm³/mol. The van der Waals surface area contributed by atoms with Gasteiger partial charge in [-0.15, -0.1) is 0 Å². The molecule has 2 heteroatoms. The Bertz CT molecular complexity index is 528. The first-order chi connectivity index (χ1) is 8.24. The third-order valence-corrected chi connectivity index (χ3v) is 2.98. The Labute approximate surface area is 102 Å². The summed E-state index contributed by atoms with van der Waals surface area (Å²) in [5, 5.41) is 10.3. The van der Waals surface area contributed by atoms with Gasteiger partial charge in [-0.2, -0.15) is 0 Å². The van der Waals surface area contributed by atoms with Gasteiger partial charge in [0.25, 0.3) is 0 Å². The van der Waals surface area contributed by atoms with Crippen LogP contribution in [0.3, 0.4) is 0 Å². The molecule has 2 rings (SSSR count). The monoisotopic (exact) mass is 227 g/mol. The van der Waals surface area contributed by atoms with Gasteiger partial charge < -0.3 is 4.74 Å². The van der Waals surface area contributed by atoms with Crippen molar-refractivity contribution >= 4 is 16.7 Å². The van der Waals surface area contributed by atoms with E-state index in [1.165, 1.54) is 10.8 Å². The SMILES string of the molecule is CCOC(=N)[C@@H](C)c1cccc2ccccc12. The Hall–Kier alpha value is -1.83. The fourth-order valence-corrected chi connectivity index (χ4v) is 2.05. The van der Waals surface area contributed by atoms with Gasteiger partial charge in [-0.1, -0.05) is 42.5 Å². The van der Waals surface area contributed by atoms with Gasteiger partial charge in [0.1, 0.15) is 0 Å². The molecule has 1 N–H and O–H groups in total. The average molecular weight is 227 g/mol. The summed E-state index contributed by atoms with van der Waals surface area (Å²) in [5.74, 6) is 0.338. The average Bonchev–Trinajstić information content (AvgIpc) is 2.37. The highest BCUT2D eigenvalue weighted by atomic mass is 16.5. The van der Waals surface area contributed by atoms with Crippen LogP contribution < -0.4 is 0 Å². The zero-order valence-electron chi connectivity index (χ0n) is 10.2. The van der Waals surface area contributed by atoms with E-state index in [9.17, 15) is 0 Å². The Morgan fingerprint density at radius 1 is 1.18 bits per heavy atom. The number of benzene rings is 2. The van der Waals surface area contributed by atoms with Crippen LogP contribution >= 0.6 is 0 Å². The molecular weight excluding hydrogens is 210 g/mol. The highest BCUT2D eigenvalue weighted by molar-refractivity contribution is 5.91. The van der Waals surface area contributed by atoms with E-state index in [4.69, 9.17) is 10.1 Å². The number of nitrogens with one attached hydrogen (secondary N) is 1. The van der Waals surface area contributed by atoms with Crippen LogP contribution in [0.1, 0.15) is 25.3 Å². The van der Waals surface area contributed by atoms with E-state index in [1.54, 1.807) is 0 Å². The zero-order chi connectivity index (χ0) is 12.3. The van der Waals surface area contributed by atoms with Crippen LogP contribution in [0.15, 0.2) is 42.5 Å². The molecular formula is C15H17NO. The maximum Gasteiger partial charge on any atom is 0.187 e. The number of hydrogen-bond donors (Lipinski definition) is 1. The van der Waals surface area contributed by atoms with Crippen molar-refractivity contribution in [2.75, 3.05) is 6.61 Å². The molecule has 0 amide bonds. The summed E-state index contributed by atoms with van der Waals surface area (Å²) < 4.78 is 5.29. The fourth-order valence-electron chi connectivity index (χ4n) is 2.05. The lowest BCUT2D eigenvalue weighted by molar-refractivity contribution is 0.310. The number of rotatable bonds is 3. The van der Waals surface area contributed by atoms with Crippen LogP contribution in [0.4, 0.5) is 0 Å². The van der Waals surface area contributed by atoms with Gasteiger partial charge in [0.2, 0.25) is 0 Å². The first-order valence-corrected chi connectivity index (χ1v) is 5.93. The highest BCUT2D eigenvalue weighted by Crippen LogP contribution is 2.26. The molecule has 0 unspecified atom stereocenters. The Balaban J connectivity index is 2.44. The normalized spacial score (nSPS) is 12.4. The molecule has 0 heterocycles. The molecule has 0 aromatic heterocycles. The first-order valence-electron chi connectivity index (χ1n) is 5.93. The molecule has 0 bridgehead atoms. The van der Waals surface area contributed by atoms with Crippen LogP contribution in [0, 0.1) is 5.41 Å². The van der Waals surface area contributed by atoms with Gasteiger partial charge in [-0.25, -0.2) is 0 Å². The molecule has 0 aliphatic rings. The molecule has 0 radical (unpaired) electrons. The van der Waals surface area contributed by atoms with Crippen molar-refractivity contribution in [3.05, 3.63) is 48.0 Å². The molecule has 0 spiro atoms. The molecule has 0 aliphatic heterocycles. The van der Waals surface area contributed by atoms with Crippen molar-refractivity contribution in [3.8, 4) is 0 Å². The smallest absolute Gasteiger partial charge is 0.187 e. The highest BCUT2D eigenvalue weighted by Gasteiger charge is 2.14. The molecule has 1 atom stereocenters. The van der Waals surface area contributed by atoms with E-state index in [0.717, 1.165) is 5.56 Å². The number of ether oxygens (including phenoxy) is 1. The minimum Gasteiger partial charge on any atom is -0.481 e. The van der Waals surface area contributed by atoms with Crippen LogP contribution in [-0.2, 0) is 4.74 Å². The van der Waals surface area contributed by atoms with Gasteiger partial charge in [0.05, 0.1) is 12.5 Å². The Kier molecular flexibility index (Phi) is 3.43. The van der Waals surface area contributed by atoms with Crippen molar-refractivity contribution in [2.45, 2.75) is 19.8 Å². The molecule has 2 aromatic rings. The number of fused-ring (bicyclic) bond motifs is 1. The molecule has 0 saturated heterocycles. The Morgan fingerprint density at radius 3 is 2.65 bits per heavy atom. The lowest BCUT2D eigenvalue weighted by Gasteiger charge is -2.15. The lowest BCUT2D eigenvalue weighted by atomic mass is 9.95. The van der Waals surface area contributed by atoms with Crippen LogP contribution in [0.25, 0.3) is 10.8 Å². The lowest BCUT2D eigenvalue weighted by Crippen LogP contribution is -2.12. The van der Waals surface area contributed by atoms with Gasteiger partial charge in [0, 0.05) is 0 Å². The predicted octanol–water partition coefficient (Wildman–Crippen LogP) is 3.96. The second-order valence-corrected chi connectivity index (χ2v) is 4.09. The summed E-state index contributed by atoms with van der Waals surface area (Å²) in [5.41, 5.74) is 1.15. The third-order valence-electron chi connectivity index (χ3n) is 2.98. The minimum absolute atomic E-state index is 0.000972. The van der Waals surface area contributed by atoms with Gasteiger partial charge in [0.15, 0.2) is 5.90 Å². The molecule has 17 heavy (non-hydrogen) atoms. The Morgan fingerprint density at radius 2 is 1.88 bits per heavy atom.